The van der Waals surface area contributed by atoms with Gasteiger partial charge >= 0.3 is 0 Å². The number of aromatic nitrogens is 3. The molecule has 1 amide bonds. The van der Waals surface area contributed by atoms with Crippen LogP contribution in [0.3, 0.4) is 0 Å². The number of benzene rings is 2. The predicted octanol–water partition coefficient (Wildman–Crippen LogP) is 4.32. The Kier molecular flexibility index (Phi) is 3.94. The minimum Gasteiger partial charge on any atom is -0.337 e. The van der Waals surface area contributed by atoms with Gasteiger partial charge in [0.15, 0.2) is 0 Å². The second kappa shape index (κ2) is 6.59. The fourth-order valence-electron chi connectivity index (χ4n) is 3.50. The van der Waals surface area contributed by atoms with Gasteiger partial charge in [-0.2, -0.15) is 4.98 Å². The number of likely N-dealkylation sites (tertiary alicyclic amines) is 1. The highest BCUT2D eigenvalue weighted by atomic mass is 32.1. The van der Waals surface area contributed by atoms with E-state index >= 15 is 0 Å². The van der Waals surface area contributed by atoms with Crippen LogP contribution in [0.1, 0.15) is 35.1 Å². The lowest BCUT2D eigenvalue weighted by Gasteiger charge is -2.21. The minimum atomic E-state index is -0.181. The van der Waals surface area contributed by atoms with E-state index in [0.717, 1.165) is 28.6 Å². The first-order valence-corrected chi connectivity index (χ1v) is 9.71. The van der Waals surface area contributed by atoms with Gasteiger partial charge in [0.25, 0.3) is 5.91 Å². The highest BCUT2D eigenvalue weighted by Crippen LogP contribution is 2.33. The van der Waals surface area contributed by atoms with Crippen LogP contribution in [0.5, 0.6) is 0 Å². The van der Waals surface area contributed by atoms with Crippen LogP contribution in [0.25, 0.3) is 21.6 Å². The van der Waals surface area contributed by atoms with Gasteiger partial charge in [-0.1, -0.05) is 35.5 Å². The molecule has 2 aromatic heterocycles. The number of fused-ring (bicyclic) bond motifs is 1. The Morgan fingerprint density at radius 3 is 2.96 bits per heavy atom. The standard InChI is InChI=1S/C20H16N4O2S/c25-20(14-8-9-15-17(11-14)27-12-21-15)24-10-4-7-16(24)19-22-18(23-26-19)13-5-2-1-3-6-13/h1-3,5-6,8-9,11-12,16H,4,7,10H2/t16-/m0/s1. The summed E-state index contributed by atoms with van der Waals surface area (Å²) in [6.45, 7) is 0.688. The monoisotopic (exact) mass is 376 g/mol. The molecule has 27 heavy (non-hydrogen) atoms. The van der Waals surface area contributed by atoms with Crippen LogP contribution in [-0.2, 0) is 0 Å². The number of hydrogen-bond acceptors (Lipinski definition) is 6. The van der Waals surface area contributed by atoms with Gasteiger partial charge in [-0.25, -0.2) is 4.98 Å². The van der Waals surface area contributed by atoms with Crippen LogP contribution in [0.2, 0.25) is 0 Å². The molecule has 0 bridgehead atoms. The Labute approximate surface area is 159 Å². The van der Waals surface area contributed by atoms with Crippen molar-refractivity contribution in [2.45, 2.75) is 18.9 Å². The summed E-state index contributed by atoms with van der Waals surface area (Å²) >= 11 is 1.54. The molecule has 1 saturated heterocycles. The van der Waals surface area contributed by atoms with Crippen LogP contribution in [0, 0.1) is 0 Å². The fraction of sp³-hybridized carbons (Fsp3) is 0.200. The van der Waals surface area contributed by atoms with Crippen LogP contribution in [0.4, 0.5) is 0 Å². The van der Waals surface area contributed by atoms with Gasteiger partial charge in [-0.05, 0) is 31.0 Å². The number of carbonyl (C=O) groups is 1. The summed E-state index contributed by atoms with van der Waals surface area (Å²) in [5.41, 5.74) is 4.28. The third kappa shape index (κ3) is 2.90. The number of nitrogens with zero attached hydrogens (tertiary/aromatic N) is 4. The first-order valence-electron chi connectivity index (χ1n) is 8.83. The maximum atomic E-state index is 13.1. The molecule has 3 heterocycles. The Balaban J connectivity index is 1.43. The van der Waals surface area contributed by atoms with Gasteiger partial charge < -0.3 is 9.42 Å². The third-order valence-corrected chi connectivity index (χ3v) is 5.64. The third-order valence-electron chi connectivity index (χ3n) is 4.85. The van der Waals surface area contributed by atoms with E-state index in [4.69, 9.17) is 4.52 Å². The summed E-state index contributed by atoms with van der Waals surface area (Å²) in [6.07, 6.45) is 1.74. The molecule has 0 spiro atoms. The Hall–Kier alpha value is -3.06. The molecule has 0 unspecified atom stereocenters. The van der Waals surface area contributed by atoms with Gasteiger partial charge in [-0.3, -0.25) is 4.79 Å². The molecule has 1 aliphatic rings. The zero-order valence-corrected chi connectivity index (χ0v) is 15.2. The number of rotatable bonds is 3. The van der Waals surface area contributed by atoms with E-state index < -0.39 is 0 Å². The van der Waals surface area contributed by atoms with E-state index in [-0.39, 0.29) is 11.9 Å². The van der Waals surface area contributed by atoms with E-state index in [2.05, 4.69) is 15.1 Å². The Morgan fingerprint density at radius 1 is 1.19 bits per heavy atom. The van der Waals surface area contributed by atoms with Crippen LogP contribution in [-0.4, -0.2) is 32.5 Å². The molecule has 0 saturated carbocycles. The van der Waals surface area contributed by atoms with Crippen molar-refractivity contribution >= 4 is 27.5 Å². The van der Waals surface area contributed by atoms with Crippen molar-refractivity contribution in [2.24, 2.45) is 0 Å². The van der Waals surface area contributed by atoms with Crippen LogP contribution >= 0.6 is 11.3 Å². The molecule has 0 N–H and O–H groups in total. The minimum absolute atomic E-state index is 0.00717. The molecule has 5 rings (SSSR count). The lowest BCUT2D eigenvalue weighted by Crippen LogP contribution is -2.30. The summed E-state index contributed by atoms with van der Waals surface area (Å²) in [6, 6.07) is 15.2. The van der Waals surface area contributed by atoms with Crippen molar-refractivity contribution in [3.8, 4) is 11.4 Å². The van der Waals surface area contributed by atoms with E-state index in [1.54, 1.807) is 5.51 Å². The maximum Gasteiger partial charge on any atom is 0.254 e. The zero-order valence-electron chi connectivity index (χ0n) is 14.4. The number of carbonyl (C=O) groups excluding carboxylic acids is 1. The summed E-state index contributed by atoms with van der Waals surface area (Å²) in [5.74, 6) is 1.04. The molecule has 7 heteroatoms. The summed E-state index contributed by atoms with van der Waals surface area (Å²) in [5, 5.41) is 4.10. The van der Waals surface area contributed by atoms with Gasteiger partial charge in [0.1, 0.15) is 6.04 Å². The predicted molar refractivity (Wildman–Crippen MR) is 102 cm³/mol. The van der Waals surface area contributed by atoms with Gasteiger partial charge in [-0.15, -0.1) is 11.3 Å². The zero-order chi connectivity index (χ0) is 18.2. The highest BCUT2D eigenvalue weighted by molar-refractivity contribution is 7.16. The van der Waals surface area contributed by atoms with E-state index in [1.165, 1.54) is 11.3 Å². The van der Waals surface area contributed by atoms with E-state index in [0.29, 0.717) is 23.8 Å². The molecular formula is C20H16N4O2S. The second-order valence-electron chi connectivity index (χ2n) is 6.51. The van der Waals surface area contributed by atoms with Crippen molar-refractivity contribution in [3.63, 3.8) is 0 Å². The average Bonchev–Trinajstić information content (AvgIpc) is 3.47. The normalized spacial score (nSPS) is 16.9. The first-order chi connectivity index (χ1) is 13.3. The fourth-order valence-corrected chi connectivity index (χ4v) is 4.21. The molecule has 1 atom stereocenters. The van der Waals surface area contributed by atoms with Crippen molar-refractivity contribution < 1.29 is 9.32 Å². The van der Waals surface area contributed by atoms with Gasteiger partial charge in [0.2, 0.25) is 11.7 Å². The lowest BCUT2D eigenvalue weighted by molar-refractivity contribution is 0.0710. The SMILES string of the molecule is O=C(c1ccc2ncsc2c1)N1CCC[C@H]1c1nc(-c2ccccc2)no1. The Bertz CT molecular complexity index is 1110. The van der Waals surface area contributed by atoms with Crippen molar-refractivity contribution in [1.82, 2.24) is 20.0 Å². The van der Waals surface area contributed by atoms with Gasteiger partial charge in [0, 0.05) is 17.7 Å². The molecule has 6 nitrogen and oxygen atoms in total. The molecule has 4 aromatic rings. The average molecular weight is 376 g/mol. The molecule has 1 fully saturated rings. The highest BCUT2D eigenvalue weighted by Gasteiger charge is 2.34. The molecule has 134 valence electrons. The van der Waals surface area contributed by atoms with Gasteiger partial charge in [0.05, 0.1) is 15.7 Å². The summed E-state index contributed by atoms with van der Waals surface area (Å²) in [4.78, 5) is 23.8. The molecular weight excluding hydrogens is 360 g/mol. The summed E-state index contributed by atoms with van der Waals surface area (Å²) < 4.78 is 6.53. The maximum absolute atomic E-state index is 13.1. The van der Waals surface area contributed by atoms with Crippen LogP contribution < -0.4 is 0 Å². The van der Waals surface area contributed by atoms with E-state index in [1.807, 2.05) is 53.4 Å². The molecule has 1 aliphatic heterocycles. The second-order valence-corrected chi connectivity index (χ2v) is 7.40. The quantitative estimate of drug-likeness (QED) is 0.532. The molecule has 0 aliphatic carbocycles. The van der Waals surface area contributed by atoms with E-state index in [9.17, 15) is 4.79 Å². The lowest BCUT2D eigenvalue weighted by atomic mass is 10.1. The molecule has 0 radical (unpaired) electrons. The largest absolute Gasteiger partial charge is 0.337 e. The van der Waals surface area contributed by atoms with Crippen molar-refractivity contribution in [3.05, 3.63) is 65.5 Å². The van der Waals surface area contributed by atoms with Crippen molar-refractivity contribution in [2.75, 3.05) is 6.54 Å². The Morgan fingerprint density at radius 2 is 2.07 bits per heavy atom. The smallest absolute Gasteiger partial charge is 0.254 e. The molecule has 2 aromatic carbocycles. The van der Waals surface area contributed by atoms with Crippen LogP contribution in [0.15, 0.2) is 58.6 Å². The first kappa shape index (κ1) is 16.1. The number of amides is 1. The number of hydrogen-bond donors (Lipinski definition) is 0. The van der Waals surface area contributed by atoms with Crippen molar-refractivity contribution in [1.29, 1.82) is 0 Å². The summed E-state index contributed by atoms with van der Waals surface area (Å²) in [7, 11) is 0. The number of thiazole rings is 1. The topological polar surface area (TPSA) is 72.1 Å².